The highest BCUT2D eigenvalue weighted by atomic mass is 32.2. The number of hydrogen-bond acceptors (Lipinski definition) is 5. The third-order valence-electron chi connectivity index (χ3n) is 4.97. The first-order valence-corrected chi connectivity index (χ1v) is 12.6. The second kappa shape index (κ2) is 9.58. The molecule has 1 amide bonds. The minimum Gasteiger partial charge on any atom is -0.284 e. The second-order valence-electron chi connectivity index (χ2n) is 7.31. The lowest BCUT2D eigenvalue weighted by Gasteiger charge is -2.20. The second-order valence-corrected chi connectivity index (χ2v) is 10.4. The number of sulfone groups is 1. The van der Waals surface area contributed by atoms with Crippen molar-refractivity contribution in [1.29, 1.82) is 0 Å². The summed E-state index contributed by atoms with van der Waals surface area (Å²) in [4.78, 5) is 19.4. The van der Waals surface area contributed by atoms with Gasteiger partial charge in [0.1, 0.15) is 5.82 Å². The zero-order chi connectivity index (χ0) is 22.6. The Kier molecular flexibility index (Phi) is 6.62. The summed E-state index contributed by atoms with van der Waals surface area (Å²) in [6, 6.07) is 22.0. The molecule has 4 rings (SSSR count). The lowest BCUT2D eigenvalue weighted by atomic mass is 10.2. The van der Waals surface area contributed by atoms with E-state index in [9.17, 15) is 17.6 Å². The van der Waals surface area contributed by atoms with Crippen LogP contribution in [0.3, 0.4) is 0 Å². The van der Waals surface area contributed by atoms with Crippen LogP contribution in [0.1, 0.15) is 18.4 Å². The fourth-order valence-electron chi connectivity index (χ4n) is 3.31. The molecule has 0 saturated heterocycles. The molecule has 0 radical (unpaired) electrons. The maximum Gasteiger partial charge on any atom is 0.229 e. The molecule has 32 heavy (non-hydrogen) atoms. The molecule has 0 spiro atoms. The van der Waals surface area contributed by atoms with E-state index in [1.165, 1.54) is 23.5 Å². The first kappa shape index (κ1) is 22.1. The molecule has 0 fully saturated rings. The van der Waals surface area contributed by atoms with Crippen LogP contribution in [0.15, 0.2) is 83.8 Å². The minimum atomic E-state index is -3.59. The summed E-state index contributed by atoms with van der Waals surface area (Å²) >= 11 is 1.43. The van der Waals surface area contributed by atoms with Gasteiger partial charge in [-0.15, -0.1) is 0 Å². The number of nitrogens with zero attached hydrogens (tertiary/aromatic N) is 2. The number of fused-ring (bicyclic) bond motifs is 1. The van der Waals surface area contributed by atoms with Crippen molar-refractivity contribution >= 4 is 42.4 Å². The highest BCUT2D eigenvalue weighted by molar-refractivity contribution is 7.91. The Morgan fingerprint density at radius 2 is 1.62 bits per heavy atom. The van der Waals surface area contributed by atoms with Gasteiger partial charge in [-0.2, -0.15) is 0 Å². The van der Waals surface area contributed by atoms with Crippen LogP contribution in [0.5, 0.6) is 0 Å². The van der Waals surface area contributed by atoms with Crippen LogP contribution < -0.4 is 4.90 Å². The number of anilines is 1. The Bertz CT molecular complexity index is 1290. The van der Waals surface area contributed by atoms with Crippen molar-refractivity contribution in [3.8, 4) is 0 Å². The number of carbonyl (C=O) groups excluding carboxylic acids is 1. The van der Waals surface area contributed by atoms with E-state index in [2.05, 4.69) is 4.98 Å². The number of hydrogen-bond donors (Lipinski definition) is 0. The van der Waals surface area contributed by atoms with Gasteiger partial charge in [0, 0.05) is 6.42 Å². The Labute approximate surface area is 190 Å². The third kappa shape index (κ3) is 5.20. The fraction of sp³-hybridized carbons (Fsp3) is 0.167. The summed E-state index contributed by atoms with van der Waals surface area (Å²) in [7, 11) is -3.59. The average Bonchev–Trinajstić information content (AvgIpc) is 3.22. The van der Waals surface area contributed by atoms with Gasteiger partial charge < -0.3 is 0 Å². The first-order valence-electron chi connectivity index (χ1n) is 10.1. The molecule has 1 heterocycles. The quantitative estimate of drug-likeness (QED) is 0.333. The van der Waals surface area contributed by atoms with Gasteiger partial charge in [0.25, 0.3) is 0 Å². The predicted molar refractivity (Wildman–Crippen MR) is 125 cm³/mol. The number of aromatic nitrogens is 1. The number of para-hydroxylation sites is 1. The molecule has 164 valence electrons. The number of amides is 1. The molecule has 8 heteroatoms. The van der Waals surface area contributed by atoms with Crippen molar-refractivity contribution < 1.29 is 17.6 Å². The van der Waals surface area contributed by atoms with Crippen LogP contribution in [-0.4, -0.2) is 25.1 Å². The van der Waals surface area contributed by atoms with Crippen molar-refractivity contribution in [2.75, 3.05) is 10.7 Å². The molecule has 0 aliphatic rings. The van der Waals surface area contributed by atoms with E-state index in [4.69, 9.17) is 0 Å². The van der Waals surface area contributed by atoms with Crippen LogP contribution >= 0.6 is 11.3 Å². The van der Waals surface area contributed by atoms with Gasteiger partial charge in [0.05, 0.1) is 27.4 Å². The third-order valence-corrected chi connectivity index (χ3v) is 7.85. The van der Waals surface area contributed by atoms with Crippen LogP contribution in [0.25, 0.3) is 10.2 Å². The smallest absolute Gasteiger partial charge is 0.229 e. The standard InChI is InChI=1S/C24H21FN2O3S2/c25-19-12-14-20(15-13-19)32(29,30)16-6-11-23(28)27(17-18-7-2-1-3-8-18)24-26-21-9-4-5-10-22(21)31-24/h1-5,7-10,12-15H,6,11,16-17H2. The summed E-state index contributed by atoms with van der Waals surface area (Å²) in [5.74, 6) is -0.877. The zero-order valence-corrected chi connectivity index (χ0v) is 18.8. The molecule has 0 bridgehead atoms. The Hall–Kier alpha value is -3.10. The van der Waals surface area contributed by atoms with Gasteiger partial charge >= 0.3 is 0 Å². The van der Waals surface area contributed by atoms with Crippen molar-refractivity contribution in [2.45, 2.75) is 24.3 Å². The number of rotatable bonds is 8. The minimum absolute atomic E-state index is 0.0543. The molecule has 1 aromatic heterocycles. The van der Waals surface area contributed by atoms with Crippen LogP contribution in [-0.2, 0) is 21.2 Å². The predicted octanol–water partition coefficient (Wildman–Crippen LogP) is 5.22. The average molecular weight is 469 g/mol. The lowest BCUT2D eigenvalue weighted by molar-refractivity contribution is -0.118. The zero-order valence-electron chi connectivity index (χ0n) is 17.1. The molecule has 4 aromatic rings. The van der Waals surface area contributed by atoms with Gasteiger partial charge in [-0.1, -0.05) is 53.8 Å². The van der Waals surface area contributed by atoms with Gasteiger partial charge in [0.15, 0.2) is 15.0 Å². The van der Waals surface area contributed by atoms with Crippen molar-refractivity contribution in [2.24, 2.45) is 0 Å². The van der Waals surface area contributed by atoms with Gasteiger partial charge in [-0.3, -0.25) is 9.69 Å². The number of benzene rings is 3. The molecule has 0 aliphatic carbocycles. The summed E-state index contributed by atoms with van der Waals surface area (Å²) in [6.07, 6.45) is 0.220. The summed E-state index contributed by atoms with van der Waals surface area (Å²) in [5.41, 5.74) is 1.77. The monoisotopic (exact) mass is 468 g/mol. The summed E-state index contributed by atoms with van der Waals surface area (Å²) in [5, 5.41) is 0.585. The SMILES string of the molecule is O=C(CCCS(=O)(=O)c1ccc(F)cc1)N(Cc1ccccc1)c1nc2ccccc2s1. The van der Waals surface area contributed by atoms with Crippen molar-refractivity contribution in [1.82, 2.24) is 4.98 Å². The van der Waals surface area contributed by atoms with E-state index < -0.39 is 15.7 Å². The molecule has 0 saturated carbocycles. The molecular weight excluding hydrogens is 447 g/mol. The van der Waals surface area contributed by atoms with Gasteiger partial charge in [-0.25, -0.2) is 17.8 Å². The number of halogens is 1. The highest BCUT2D eigenvalue weighted by Gasteiger charge is 2.22. The summed E-state index contributed by atoms with van der Waals surface area (Å²) in [6.45, 7) is 0.351. The van der Waals surface area contributed by atoms with Crippen molar-refractivity contribution in [3.63, 3.8) is 0 Å². The number of carbonyl (C=O) groups is 1. The number of thiazole rings is 1. The Balaban J connectivity index is 1.50. The van der Waals surface area contributed by atoms with Crippen LogP contribution in [0.2, 0.25) is 0 Å². The molecule has 0 unspecified atom stereocenters. The van der Waals surface area contributed by atoms with Crippen LogP contribution in [0, 0.1) is 5.82 Å². The molecule has 0 aliphatic heterocycles. The van der Waals surface area contributed by atoms with E-state index in [1.54, 1.807) is 4.90 Å². The lowest BCUT2D eigenvalue weighted by Crippen LogP contribution is -2.30. The first-order chi connectivity index (χ1) is 15.4. The van der Waals surface area contributed by atoms with E-state index in [1.807, 2.05) is 54.6 Å². The maximum atomic E-state index is 13.1. The van der Waals surface area contributed by atoms with E-state index >= 15 is 0 Å². The fourth-order valence-corrected chi connectivity index (χ4v) is 5.61. The highest BCUT2D eigenvalue weighted by Crippen LogP contribution is 2.30. The molecule has 5 nitrogen and oxygen atoms in total. The van der Waals surface area contributed by atoms with E-state index in [0.717, 1.165) is 27.9 Å². The van der Waals surface area contributed by atoms with Gasteiger partial charge in [0.2, 0.25) is 5.91 Å². The topological polar surface area (TPSA) is 67.3 Å². The normalized spacial score (nSPS) is 11.5. The Morgan fingerprint density at radius 3 is 2.34 bits per heavy atom. The Morgan fingerprint density at radius 1 is 0.938 bits per heavy atom. The van der Waals surface area contributed by atoms with E-state index in [0.29, 0.717) is 11.7 Å². The molecule has 0 N–H and O–H groups in total. The molecule has 3 aromatic carbocycles. The maximum absolute atomic E-state index is 13.1. The largest absolute Gasteiger partial charge is 0.284 e. The van der Waals surface area contributed by atoms with Crippen LogP contribution in [0.4, 0.5) is 9.52 Å². The van der Waals surface area contributed by atoms with E-state index in [-0.39, 0.29) is 29.4 Å². The van der Waals surface area contributed by atoms with Gasteiger partial charge in [-0.05, 0) is 48.4 Å². The molecule has 0 atom stereocenters. The summed E-state index contributed by atoms with van der Waals surface area (Å²) < 4.78 is 39.1. The molecular formula is C24H21FN2O3S2. The van der Waals surface area contributed by atoms with Crippen molar-refractivity contribution in [3.05, 3.63) is 90.2 Å².